The van der Waals surface area contributed by atoms with E-state index in [0.717, 1.165) is 27.5 Å². The first kappa shape index (κ1) is 12.8. The number of hydrogen-bond acceptors (Lipinski definition) is 7. The van der Waals surface area contributed by atoms with Crippen molar-refractivity contribution < 1.29 is 0 Å². The highest BCUT2D eigenvalue weighted by Gasteiger charge is 2.22. The maximum absolute atomic E-state index is 5.60. The molecule has 0 bridgehead atoms. The second kappa shape index (κ2) is 5.41. The highest BCUT2D eigenvalue weighted by Crippen LogP contribution is 2.35. The minimum Gasteiger partial charge on any atom is -0.368 e. The second-order valence-corrected chi connectivity index (χ2v) is 6.14. The Morgan fingerprint density at radius 3 is 2.95 bits per heavy atom. The van der Waals surface area contributed by atoms with E-state index in [2.05, 4.69) is 41.4 Å². The Hall–Kier alpha value is -1.22. The van der Waals surface area contributed by atoms with Crippen LogP contribution in [0.3, 0.4) is 0 Å². The fourth-order valence-electron chi connectivity index (χ4n) is 2.15. The van der Waals surface area contributed by atoms with Crippen molar-refractivity contribution >= 4 is 33.6 Å². The Morgan fingerprint density at radius 2 is 2.16 bits per heavy atom. The minimum atomic E-state index is 0.241. The predicted molar refractivity (Wildman–Crippen MR) is 73.6 cm³/mol. The predicted octanol–water partition coefficient (Wildman–Crippen LogP) is 2.07. The minimum absolute atomic E-state index is 0.241. The normalized spacial score (nSPS) is 16.1. The van der Waals surface area contributed by atoms with Gasteiger partial charge in [-0.15, -0.1) is 5.10 Å². The summed E-state index contributed by atoms with van der Waals surface area (Å²) in [5.74, 6) is 0.241. The van der Waals surface area contributed by atoms with Crippen LogP contribution in [0.1, 0.15) is 31.7 Å². The van der Waals surface area contributed by atoms with Crippen molar-refractivity contribution in [2.75, 3.05) is 5.73 Å². The third-order valence-electron chi connectivity index (χ3n) is 3.05. The summed E-state index contributed by atoms with van der Waals surface area (Å²) < 4.78 is 2.68. The first-order valence-corrected chi connectivity index (χ1v) is 7.59. The van der Waals surface area contributed by atoms with E-state index in [1.54, 1.807) is 6.20 Å². The quantitative estimate of drug-likeness (QED) is 0.853. The molecule has 0 radical (unpaired) electrons. The Balaban J connectivity index is 1.87. The first-order chi connectivity index (χ1) is 9.24. The second-order valence-electron chi connectivity index (χ2n) is 4.33. The number of nitrogen functional groups attached to an aromatic ring is 1. The van der Waals surface area contributed by atoms with Crippen LogP contribution < -0.4 is 5.73 Å². The van der Waals surface area contributed by atoms with E-state index >= 15 is 0 Å². The highest BCUT2D eigenvalue weighted by atomic mass is 79.9. The lowest BCUT2D eigenvalue weighted by Crippen LogP contribution is -2.08. The fraction of sp³-hybridized carbons (Fsp3) is 0.500. The van der Waals surface area contributed by atoms with E-state index in [0.29, 0.717) is 6.04 Å². The molecule has 0 spiro atoms. The summed E-state index contributed by atoms with van der Waals surface area (Å²) in [7, 11) is 0. The maximum Gasteiger partial charge on any atom is 0.221 e. The van der Waals surface area contributed by atoms with Crippen molar-refractivity contribution in [3.8, 4) is 0 Å². The summed E-state index contributed by atoms with van der Waals surface area (Å²) in [5.41, 5.74) is 5.60. The zero-order valence-corrected chi connectivity index (χ0v) is 12.4. The molecular formula is C10H12BrN7S. The van der Waals surface area contributed by atoms with Gasteiger partial charge in [-0.1, -0.05) is 12.8 Å². The standard InChI is InChI=1S/C10H12BrN7S/c11-7-5-13-9(12)14-8(7)19-10-15-16-17-18(10)6-3-1-2-4-6/h5-6H,1-4H2,(H2,12,13,14). The number of aromatic nitrogens is 6. The Bertz CT molecular complexity index is 581. The van der Waals surface area contributed by atoms with Crippen LogP contribution in [0.15, 0.2) is 20.9 Å². The number of anilines is 1. The molecule has 2 aromatic heterocycles. The summed E-state index contributed by atoms with van der Waals surface area (Å²) >= 11 is 4.80. The zero-order chi connectivity index (χ0) is 13.2. The van der Waals surface area contributed by atoms with E-state index in [9.17, 15) is 0 Å². The van der Waals surface area contributed by atoms with Crippen LogP contribution >= 0.6 is 27.7 Å². The molecule has 19 heavy (non-hydrogen) atoms. The zero-order valence-electron chi connectivity index (χ0n) is 10.0. The van der Waals surface area contributed by atoms with Crippen molar-refractivity contribution in [1.82, 2.24) is 30.2 Å². The van der Waals surface area contributed by atoms with Crippen molar-refractivity contribution in [3.63, 3.8) is 0 Å². The van der Waals surface area contributed by atoms with Crippen molar-refractivity contribution in [2.24, 2.45) is 0 Å². The van der Waals surface area contributed by atoms with Crippen molar-refractivity contribution in [2.45, 2.75) is 41.9 Å². The van der Waals surface area contributed by atoms with Crippen molar-refractivity contribution in [1.29, 1.82) is 0 Å². The number of halogens is 1. The first-order valence-electron chi connectivity index (χ1n) is 5.98. The van der Waals surface area contributed by atoms with Gasteiger partial charge in [0.15, 0.2) is 0 Å². The molecule has 100 valence electrons. The molecule has 1 aliphatic rings. The van der Waals surface area contributed by atoms with E-state index in [1.807, 2.05) is 4.68 Å². The Kier molecular flexibility index (Phi) is 3.65. The van der Waals surface area contributed by atoms with Gasteiger partial charge in [-0.25, -0.2) is 14.6 Å². The molecule has 3 rings (SSSR count). The van der Waals surface area contributed by atoms with E-state index in [-0.39, 0.29) is 5.95 Å². The van der Waals surface area contributed by atoms with Gasteiger partial charge in [-0.2, -0.15) is 0 Å². The fourth-order valence-corrected chi connectivity index (χ4v) is 3.41. The highest BCUT2D eigenvalue weighted by molar-refractivity contribution is 9.10. The summed E-state index contributed by atoms with van der Waals surface area (Å²) in [6, 6.07) is 0.399. The molecule has 2 heterocycles. The molecule has 0 atom stereocenters. The molecule has 0 aromatic carbocycles. The molecule has 0 unspecified atom stereocenters. The molecule has 1 aliphatic carbocycles. The molecular weight excluding hydrogens is 330 g/mol. The van der Waals surface area contributed by atoms with Gasteiger partial charge in [0, 0.05) is 6.20 Å². The molecule has 0 saturated heterocycles. The van der Waals surface area contributed by atoms with Crippen LogP contribution in [0.25, 0.3) is 0 Å². The van der Waals surface area contributed by atoms with Crippen LogP contribution in [-0.4, -0.2) is 30.2 Å². The summed E-state index contributed by atoms with van der Waals surface area (Å²) in [4.78, 5) is 8.11. The van der Waals surface area contributed by atoms with E-state index in [1.165, 1.54) is 24.6 Å². The van der Waals surface area contributed by atoms with Gasteiger partial charge < -0.3 is 5.73 Å². The van der Waals surface area contributed by atoms with Crippen LogP contribution in [0.5, 0.6) is 0 Å². The van der Waals surface area contributed by atoms with Crippen molar-refractivity contribution in [3.05, 3.63) is 10.7 Å². The smallest absolute Gasteiger partial charge is 0.221 e. The lowest BCUT2D eigenvalue weighted by molar-refractivity contribution is 0.423. The van der Waals surface area contributed by atoms with Crippen LogP contribution in [0, 0.1) is 0 Å². The molecule has 1 saturated carbocycles. The lowest BCUT2D eigenvalue weighted by Gasteiger charge is -2.10. The van der Waals surface area contributed by atoms with Gasteiger partial charge in [-0.05, 0) is 51.0 Å². The van der Waals surface area contributed by atoms with Crippen LogP contribution in [0.2, 0.25) is 0 Å². The van der Waals surface area contributed by atoms with E-state index < -0.39 is 0 Å². The molecule has 2 aromatic rings. The average Bonchev–Trinajstić information content (AvgIpc) is 3.03. The molecule has 7 nitrogen and oxygen atoms in total. The van der Waals surface area contributed by atoms with Gasteiger partial charge in [-0.3, -0.25) is 0 Å². The van der Waals surface area contributed by atoms with E-state index in [4.69, 9.17) is 5.73 Å². The maximum atomic E-state index is 5.60. The Labute approximate surface area is 122 Å². The van der Waals surface area contributed by atoms with Gasteiger partial charge in [0.25, 0.3) is 0 Å². The monoisotopic (exact) mass is 341 g/mol. The van der Waals surface area contributed by atoms with Gasteiger partial charge in [0.1, 0.15) is 5.03 Å². The molecule has 9 heteroatoms. The molecule has 2 N–H and O–H groups in total. The number of nitrogens with zero attached hydrogens (tertiary/aromatic N) is 6. The lowest BCUT2D eigenvalue weighted by atomic mass is 10.3. The third-order valence-corrected chi connectivity index (χ3v) is 4.85. The number of tetrazole rings is 1. The van der Waals surface area contributed by atoms with Gasteiger partial charge >= 0.3 is 0 Å². The Morgan fingerprint density at radius 1 is 1.37 bits per heavy atom. The molecule has 0 amide bonds. The molecule has 1 fully saturated rings. The number of hydrogen-bond donors (Lipinski definition) is 1. The summed E-state index contributed by atoms with van der Waals surface area (Å²) in [5, 5.41) is 13.4. The largest absolute Gasteiger partial charge is 0.368 e. The summed E-state index contributed by atoms with van der Waals surface area (Å²) in [6.07, 6.45) is 6.36. The SMILES string of the molecule is Nc1ncc(Br)c(Sc2nnnn2C2CCCC2)n1. The molecule has 0 aliphatic heterocycles. The average molecular weight is 342 g/mol. The number of rotatable bonds is 3. The number of nitrogens with two attached hydrogens (primary N) is 1. The van der Waals surface area contributed by atoms with Gasteiger partial charge in [0.2, 0.25) is 11.1 Å². The van der Waals surface area contributed by atoms with Gasteiger partial charge in [0.05, 0.1) is 10.5 Å². The topological polar surface area (TPSA) is 95.4 Å². The third kappa shape index (κ3) is 2.71. The summed E-state index contributed by atoms with van der Waals surface area (Å²) in [6.45, 7) is 0. The van der Waals surface area contributed by atoms with Crippen LogP contribution in [-0.2, 0) is 0 Å². The van der Waals surface area contributed by atoms with Crippen LogP contribution in [0.4, 0.5) is 5.95 Å².